The van der Waals surface area contributed by atoms with E-state index in [0.717, 1.165) is 25.7 Å². The Morgan fingerprint density at radius 1 is 1.05 bits per heavy atom. The molecule has 20 heavy (non-hydrogen) atoms. The van der Waals surface area contributed by atoms with Gasteiger partial charge in [0.05, 0.1) is 0 Å². The first-order valence-electron chi connectivity index (χ1n) is 8.19. The van der Waals surface area contributed by atoms with E-state index >= 15 is 0 Å². The SMILES string of the molecule is CC1NC(=O)C(C)(C2CC2)N(C2CCCCCC2)C1=O. The number of rotatable bonds is 2. The number of hydrogen-bond acceptors (Lipinski definition) is 2. The number of nitrogens with zero attached hydrogens (tertiary/aromatic N) is 1. The summed E-state index contributed by atoms with van der Waals surface area (Å²) in [5.41, 5.74) is -0.599. The van der Waals surface area contributed by atoms with E-state index in [1.807, 2.05) is 18.7 Å². The second-order valence-corrected chi connectivity index (χ2v) is 6.97. The number of carbonyl (C=O) groups is 2. The van der Waals surface area contributed by atoms with Gasteiger partial charge in [0.15, 0.2) is 0 Å². The van der Waals surface area contributed by atoms with Gasteiger partial charge in [-0.05, 0) is 45.4 Å². The maximum atomic E-state index is 12.7. The summed E-state index contributed by atoms with van der Waals surface area (Å²) < 4.78 is 0. The molecule has 0 spiro atoms. The highest BCUT2D eigenvalue weighted by molar-refractivity contribution is 6.00. The van der Waals surface area contributed by atoms with Crippen molar-refractivity contribution in [2.75, 3.05) is 0 Å². The Kier molecular flexibility index (Phi) is 3.51. The molecule has 0 radical (unpaired) electrons. The zero-order chi connectivity index (χ0) is 14.3. The fourth-order valence-corrected chi connectivity index (χ4v) is 4.05. The van der Waals surface area contributed by atoms with Gasteiger partial charge in [0.1, 0.15) is 11.6 Å². The second kappa shape index (κ2) is 5.05. The van der Waals surface area contributed by atoms with E-state index < -0.39 is 5.54 Å². The summed E-state index contributed by atoms with van der Waals surface area (Å²) in [4.78, 5) is 27.3. The van der Waals surface area contributed by atoms with E-state index in [-0.39, 0.29) is 23.9 Å². The molecule has 0 bridgehead atoms. The molecule has 1 aliphatic heterocycles. The van der Waals surface area contributed by atoms with Gasteiger partial charge in [-0.25, -0.2) is 0 Å². The molecule has 0 aromatic rings. The molecule has 3 rings (SSSR count). The summed E-state index contributed by atoms with van der Waals surface area (Å²) in [6, 6.07) is -0.0957. The predicted molar refractivity (Wildman–Crippen MR) is 77.1 cm³/mol. The van der Waals surface area contributed by atoms with Crippen molar-refractivity contribution >= 4 is 11.8 Å². The lowest BCUT2D eigenvalue weighted by molar-refractivity contribution is -0.161. The Hall–Kier alpha value is -1.06. The monoisotopic (exact) mass is 278 g/mol. The van der Waals surface area contributed by atoms with E-state index in [1.165, 1.54) is 25.7 Å². The van der Waals surface area contributed by atoms with Crippen molar-refractivity contribution in [3.05, 3.63) is 0 Å². The summed E-state index contributed by atoms with van der Waals surface area (Å²) in [5.74, 6) is 0.560. The van der Waals surface area contributed by atoms with Crippen molar-refractivity contribution < 1.29 is 9.59 Å². The molecular formula is C16H26N2O2. The molecule has 0 aromatic heterocycles. The van der Waals surface area contributed by atoms with Gasteiger partial charge in [0, 0.05) is 6.04 Å². The third-order valence-corrected chi connectivity index (χ3v) is 5.48. The second-order valence-electron chi connectivity index (χ2n) is 6.97. The summed E-state index contributed by atoms with van der Waals surface area (Å²) in [5, 5.41) is 2.90. The lowest BCUT2D eigenvalue weighted by Gasteiger charge is -2.49. The Morgan fingerprint density at radius 2 is 1.65 bits per heavy atom. The van der Waals surface area contributed by atoms with Gasteiger partial charge < -0.3 is 10.2 Å². The third kappa shape index (κ3) is 2.13. The van der Waals surface area contributed by atoms with Crippen molar-refractivity contribution in [1.29, 1.82) is 0 Å². The van der Waals surface area contributed by atoms with Crippen molar-refractivity contribution in [3.63, 3.8) is 0 Å². The molecule has 2 saturated carbocycles. The van der Waals surface area contributed by atoms with Crippen LogP contribution >= 0.6 is 0 Å². The molecule has 4 heteroatoms. The number of piperazine rings is 1. The van der Waals surface area contributed by atoms with E-state index in [2.05, 4.69) is 5.32 Å². The number of hydrogen-bond donors (Lipinski definition) is 1. The minimum atomic E-state index is -0.599. The predicted octanol–water partition coefficient (Wildman–Crippen LogP) is 2.22. The standard InChI is InChI=1S/C16H26N2O2/c1-11-14(19)18(13-7-5-3-4-6-8-13)16(2,12-9-10-12)15(20)17-11/h11-13H,3-10H2,1-2H3,(H,17,20). The van der Waals surface area contributed by atoms with Crippen molar-refractivity contribution in [3.8, 4) is 0 Å². The van der Waals surface area contributed by atoms with Crippen LogP contribution < -0.4 is 5.32 Å². The third-order valence-electron chi connectivity index (χ3n) is 5.48. The Morgan fingerprint density at radius 3 is 2.20 bits per heavy atom. The minimum absolute atomic E-state index is 0.0661. The lowest BCUT2D eigenvalue weighted by atomic mass is 9.85. The molecule has 3 aliphatic rings. The average Bonchev–Trinajstić information content (AvgIpc) is 3.24. The van der Waals surface area contributed by atoms with E-state index in [4.69, 9.17) is 0 Å². The van der Waals surface area contributed by atoms with Gasteiger partial charge in [0.2, 0.25) is 11.8 Å². The van der Waals surface area contributed by atoms with Gasteiger partial charge >= 0.3 is 0 Å². The molecule has 112 valence electrons. The maximum absolute atomic E-state index is 12.7. The van der Waals surface area contributed by atoms with Crippen LogP contribution in [0.1, 0.15) is 65.2 Å². The van der Waals surface area contributed by atoms with Crippen LogP contribution in [0.4, 0.5) is 0 Å². The minimum Gasteiger partial charge on any atom is -0.343 e. The highest BCUT2D eigenvalue weighted by Gasteiger charge is 2.57. The highest BCUT2D eigenvalue weighted by atomic mass is 16.2. The summed E-state index contributed by atoms with van der Waals surface area (Å²) >= 11 is 0. The van der Waals surface area contributed by atoms with Gasteiger partial charge in [-0.1, -0.05) is 25.7 Å². The number of carbonyl (C=O) groups excluding carboxylic acids is 2. The molecule has 2 aliphatic carbocycles. The summed E-state index contributed by atoms with van der Waals surface area (Å²) in [6.07, 6.45) is 9.18. The molecule has 2 amide bonds. The Bertz CT molecular complexity index is 411. The maximum Gasteiger partial charge on any atom is 0.246 e. The zero-order valence-corrected chi connectivity index (χ0v) is 12.7. The molecule has 1 saturated heterocycles. The molecule has 2 atom stereocenters. The van der Waals surface area contributed by atoms with E-state index in [1.54, 1.807) is 0 Å². The van der Waals surface area contributed by atoms with Crippen LogP contribution in [0, 0.1) is 5.92 Å². The van der Waals surface area contributed by atoms with E-state index in [9.17, 15) is 9.59 Å². The molecule has 1 heterocycles. The van der Waals surface area contributed by atoms with Crippen molar-refractivity contribution in [1.82, 2.24) is 10.2 Å². The van der Waals surface area contributed by atoms with Crippen LogP contribution in [0.2, 0.25) is 0 Å². The van der Waals surface area contributed by atoms with Crippen LogP contribution in [0.25, 0.3) is 0 Å². The average molecular weight is 278 g/mol. The van der Waals surface area contributed by atoms with E-state index in [0.29, 0.717) is 5.92 Å². The summed E-state index contributed by atoms with van der Waals surface area (Å²) in [7, 11) is 0. The Labute approximate surface area is 121 Å². The molecule has 0 aromatic carbocycles. The zero-order valence-electron chi connectivity index (χ0n) is 12.7. The number of amides is 2. The summed E-state index contributed by atoms with van der Waals surface area (Å²) in [6.45, 7) is 3.81. The fourth-order valence-electron chi connectivity index (χ4n) is 4.05. The lowest BCUT2D eigenvalue weighted by Crippen LogP contribution is -2.72. The van der Waals surface area contributed by atoms with Gasteiger partial charge in [-0.2, -0.15) is 0 Å². The van der Waals surface area contributed by atoms with Crippen LogP contribution in [0.3, 0.4) is 0 Å². The topological polar surface area (TPSA) is 49.4 Å². The molecular weight excluding hydrogens is 252 g/mol. The number of nitrogens with one attached hydrogen (secondary N) is 1. The Balaban J connectivity index is 1.92. The van der Waals surface area contributed by atoms with Crippen LogP contribution in [-0.4, -0.2) is 34.3 Å². The molecule has 2 unspecified atom stereocenters. The first-order valence-corrected chi connectivity index (χ1v) is 8.19. The fraction of sp³-hybridized carbons (Fsp3) is 0.875. The molecule has 1 N–H and O–H groups in total. The highest BCUT2D eigenvalue weighted by Crippen LogP contribution is 2.46. The van der Waals surface area contributed by atoms with Gasteiger partial charge in [0.25, 0.3) is 0 Å². The van der Waals surface area contributed by atoms with Gasteiger partial charge in [-0.15, -0.1) is 0 Å². The van der Waals surface area contributed by atoms with Gasteiger partial charge in [-0.3, -0.25) is 9.59 Å². The van der Waals surface area contributed by atoms with Crippen LogP contribution in [0.15, 0.2) is 0 Å². The van der Waals surface area contributed by atoms with Crippen molar-refractivity contribution in [2.45, 2.75) is 82.8 Å². The first kappa shape index (κ1) is 13.9. The normalized spacial score (nSPS) is 36.7. The quantitative estimate of drug-likeness (QED) is 0.787. The van der Waals surface area contributed by atoms with Crippen LogP contribution in [-0.2, 0) is 9.59 Å². The molecule has 3 fully saturated rings. The smallest absolute Gasteiger partial charge is 0.246 e. The van der Waals surface area contributed by atoms with Crippen LogP contribution in [0.5, 0.6) is 0 Å². The molecule has 4 nitrogen and oxygen atoms in total. The largest absolute Gasteiger partial charge is 0.343 e. The first-order chi connectivity index (χ1) is 9.55. The van der Waals surface area contributed by atoms with Crippen molar-refractivity contribution in [2.24, 2.45) is 5.92 Å².